The molecule has 1 aromatic rings. The number of methoxy groups -OCH3 is 1. The van der Waals surface area contributed by atoms with E-state index in [1.165, 1.54) is 11.3 Å². The van der Waals surface area contributed by atoms with Crippen LogP contribution in [-0.2, 0) is 17.7 Å². The van der Waals surface area contributed by atoms with E-state index >= 15 is 0 Å². The molecule has 1 saturated heterocycles. The van der Waals surface area contributed by atoms with Gasteiger partial charge in [0.15, 0.2) is 0 Å². The van der Waals surface area contributed by atoms with Gasteiger partial charge >= 0.3 is 0 Å². The van der Waals surface area contributed by atoms with Crippen LogP contribution in [0.25, 0.3) is 0 Å². The highest BCUT2D eigenvalue weighted by molar-refractivity contribution is 5.43. The van der Waals surface area contributed by atoms with Crippen LogP contribution in [0.3, 0.4) is 0 Å². The number of aromatic nitrogens is 1. The maximum absolute atomic E-state index is 5.61. The van der Waals surface area contributed by atoms with E-state index in [0.717, 1.165) is 38.3 Å². The van der Waals surface area contributed by atoms with Gasteiger partial charge in [-0.05, 0) is 43.5 Å². The molecule has 0 radical (unpaired) electrons. The largest absolute Gasteiger partial charge is 0.379 e. The van der Waals surface area contributed by atoms with E-state index in [4.69, 9.17) is 9.72 Å². The number of nitrogens with one attached hydrogen (secondary N) is 1. The summed E-state index contributed by atoms with van der Waals surface area (Å²) >= 11 is 0. The standard InChI is InChI=1S/C16H27N3O/c1-5-14-8-13(10-17-3)9-16(18-14)19-7-6-12(2)15(11-19)20-4/h8-9,12,15,17H,5-7,10-11H2,1-4H3. The highest BCUT2D eigenvalue weighted by Crippen LogP contribution is 2.24. The second kappa shape index (κ2) is 7.04. The molecule has 1 aliphatic rings. The van der Waals surface area contributed by atoms with Gasteiger partial charge in [-0.15, -0.1) is 0 Å². The summed E-state index contributed by atoms with van der Waals surface area (Å²) < 4.78 is 5.61. The molecule has 112 valence electrons. The Morgan fingerprint density at radius 2 is 2.25 bits per heavy atom. The zero-order valence-corrected chi connectivity index (χ0v) is 13.1. The molecule has 2 rings (SSSR count). The number of hydrogen-bond donors (Lipinski definition) is 1. The van der Waals surface area contributed by atoms with Crippen molar-refractivity contribution in [3.8, 4) is 0 Å². The van der Waals surface area contributed by atoms with Gasteiger partial charge in [-0.1, -0.05) is 13.8 Å². The van der Waals surface area contributed by atoms with Crippen LogP contribution in [0, 0.1) is 5.92 Å². The lowest BCUT2D eigenvalue weighted by molar-refractivity contribution is 0.0496. The smallest absolute Gasteiger partial charge is 0.129 e. The second-order valence-corrected chi connectivity index (χ2v) is 5.69. The number of nitrogens with zero attached hydrogens (tertiary/aromatic N) is 2. The van der Waals surface area contributed by atoms with Crippen LogP contribution < -0.4 is 10.2 Å². The number of pyridine rings is 1. The first-order chi connectivity index (χ1) is 9.67. The highest BCUT2D eigenvalue weighted by Gasteiger charge is 2.26. The summed E-state index contributed by atoms with van der Waals surface area (Å²) in [7, 11) is 3.79. The van der Waals surface area contributed by atoms with Gasteiger partial charge in [0.05, 0.1) is 6.10 Å². The monoisotopic (exact) mass is 277 g/mol. The fourth-order valence-corrected chi connectivity index (χ4v) is 2.83. The zero-order valence-electron chi connectivity index (χ0n) is 13.1. The van der Waals surface area contributed by atoms with E-state index in [0.29, 0.717) is 12.0 Å². The normalized spacial score (nSPS) is 23.1. The Hall–Kier alpha value is -1.13. The summed E-state index contributed by atoms with van der Waals surface area (Å²) in [5, 5.41) is 3.22. The van der Waals surface area contributed by atoms with Gasteiger partial charge in [0.1, 0.15) is 5.82 Å². The Bertz CT molecular complexity index is 436. The lowest BCUT2D eigenvalue weighted by Crippen LogP contribution is -2.44. The minimum absolute atomic E-state index is 0.309. The molecular weight excluding hydrogens is 250 g/mol. The molecule has 0 saturated carbocycles. The van der Waals surface area contributed by atoms with Gasteiger partial charge in [-0.25, -0.2) is 4.98 Å². The molecular formula is C16H27N3O. The third-order valence-corrected chi connectivity index (χ3v) is 4.18. The van der Waals surface area contributed by atoms with Crippen molar-refractivity contribution in [2.24, 2.45) is 5.92 Å². The van der Waals surface area contributed by atoms with Crippen LogP contribution in [0.4, 0.5) is 5.82 Å². The molecule has 0 amide bonds. The molecule has 2 heterocycles. The van der Waals surface area contributed by atoms with Crippen molar-refractivity contribution in [2.45, 2.75) is 39.3 Å². The summed E-state index contributed by atoms with van der Waals surface area (Å²) in [6, 6.07) is 4.40. The maximum atomic E-state index is 5.61. The summed E-state index contributed by atoms with van der Waals surface area (Å²) in [6.45, 7) is 7.33. The Morgan fingerprint density at radius 1 is 1.45 bits per heavy atom. The minimum atomic E-state index is 0.309. The Kier molecular flexibility index (Phi) is 5.38. The van der Waals surface area contributed by atoms with Crippen LogP contribution >= 0.6 is 0 Å². The fraction of sp³-hybridized carbons (Fsp3) is 0.688. The molecule has 0 aliphatic carbocycles. The van der Waals surface area contributed by atoms with Crippen LogP contribution in [0.1, 0.15) is 31.5 Å². The van der Waals surface area contributed by atoms with Crippen LogP contribution in [0.5, 0.6) is 0 Å². The first kappa shape index (κ1) is 15.3. The molecule has 20 heavy (non-hydrogen) atoms. The molecule has 0 spiro atoms. The summed E-state index contributed by atoms with van der Waals surface area (Å²) in [5.41, 5.74) is 2.47. The van der Waals surface area contributed by atoms with Crippen molar-refractivity contribution in [1.29, 1.82) is 0 Å². The van der Waals surface area contributed by atoms with Gasteiger partial charge in [-0.2, -0.15) is 0 Å². The van der Waals surface area contributed by atoms with Crippen LogP contribution in [-0.4, -0.2) is 38.3 Å². The van der Waals surface area contributed by atoms with E-state index in [2.05, 4.69) is 36.2 Å². The molecule has 1 aliphatic heterocycles. The first-order valence-corrected chi connectivity index (χ1v) is 7.60. The molecule has 2 unspecified atom stereocenters. The highest BCUT2D eigenvalue weighted by atomic mass is 16.5. The first-order valence-electron chi connectivity index (χ1n) is 7.60. The van der Waals surface area contributed by atoms with E-state index in [1.54, 1.807) is 0 Å². The summed E-state index contributed by atoms with van der Waals surface area (Å²) in [4.78, 5) is 7.16. The van der Waals surface area contributed by atoms with Gasteiger partial charge < -0.3 is 15.0 Å². The summed E-state index contributed by atoms with van der Waals surface area (Å²) in [5.74, 6) is 1.73. The number of aryl methyl sites for hydroxylation is 1. The van der Waals surface area contributed by atoms with Crippen LogP contribution in [0.2, 0.25) is 0 Å². The Labute approximate surface area is 122 Å². The average molecular weight is 277 g/mol. The zero-order chi connectivity index (χ0) is 14.5. The lowest BCUT2D eigenvalue weighted by Gasteiger charge is -2.37. The lowest BCUT2D eigenvalue weighted by atomic mass is 9.96. The van der Waals surface area contributed by atoms with E-state index in [1.807, 2.05) is 14.2 Å². The van der Waals surface area contributed by atoms with E-state index < -0.39 is 0 Å². The average Bonchev–Trinajstić information content (AvgIpc) is 2.47. The van der Waals surface area contributed by atoms with E-state index in [9.17, 15) is 0 Å². The van der Waals surface area contributed by atoms with E-state index in [-0.39, 0.29) is 0 Å². The third kappa shape index (κ3) is 3.49. The minimum Gasteiger partial charge on any atom is -0.379 e. The van der Waals surface area contributed by atoms with Crippen molar-refractivity contribution in [3.05, 3.63) is 23.4 Å². The Balaban J connectivity index is 2.20. The van der Waals surface area contributed by atoms with Crippen molar-refractivity contribution < 1.29 is 4.74 Å². The van der Waals surface area contributed by atoms with Crippen molar-refractivity contribution in [3.63, 3.8) is 0 Å². The number of anilines is 1. The van der Waals surface area contributed by atoms with Gasteiger partial charge in [0, 0.05) is 32.4 Å². The SMILES string of the molecule is CCc1cc(CNC)cc(N2CCC(C)C(OC)C2)n1. The predicted octanol–water partition coefficient (Wildman–Crippen LogP) is 2.22. The predicted molar refractivity (Wildman–Crippen MR) is 83.2 cm³/mol. The van der Waals surface area contributed by atoms with Crippen molar-refractivity contribution >= 4 is 5.82 Å². The fourth-order valence-electron chi connectivity index (χ4n) is 2.83. The van der Waals surface area contributed by atoms with Crippen molar-refractivity contribution in [2.75, 3.05) is 32.1 Å². The molecule has 0 aromatic carbocycles. The molecule has 2 atom stereocenters. The molecule has 1 fully saturated rings. The van der Waals surface area contributed by atoms with Crippen molar-refractivity contribution in [1.82, 2.24) is 10.3 Å². The maximum Gasteiger partial charge on any atom is 0.129 e. The number of rotatable bonds is 5. The topological polar surface area (TPSA) is 37.4 Å². The quantitative estimate of drug-likeness (QED) is 0.895. The van der Waals surface area contributed by atoms with Gasteiger partial charge in [0.2, 0.25) is 0 Å². The second-order valence-electron chi connectivity index (χ2n) is 5.69. The van der Waals surface area contributed by atoms with Gasteiger partial charge in [0.25, 0.3) is 0 Å². The number of ether oxygens (including phenoxy) is 1. The molecule has 1 aromatic heterocycles. The number of hydrogen-bond acceptors (Lipinski definition) is 4. The molecule has 4 nitrogen and oxygen atoms in total. The third-order valence-electron chi connectivity index (χ3n) is 4.18. The summed E-state index contributed by atoms with van der Waals surface area (Å²) in [6.07, 6.45) is 2.45. The molecule has 4 heteroatoms. The Morgan fingerprint density at radius 3 is 2.90 bits per heavy atom. The van der Waals surface area contributed by atoms with Gasteiger partial charge in [-0.3, -0.25) is 0 Å². The van der Waals surface area contributed by atoms with Crippen LogP contribution in [0.15, 0.2) is 12.1 Å². The molecule has 1 N–H and O–H groups in total. The number of piperidine rings is 1. The molecule has 0 bridgehead atoms.